The van der Waals surface area contributed by atoms with Crippen LogP contribution in [0.5, 0.6) is 0 Å². The second-order valence-electron chi connectivity index (χ2n) is 7.36. The smallest absolute Gasteiger partial charge is 0.229 e. The summed E-state index contributed by atoms with van der Waals surface area (Å²) in [5, 5.41) is 16.0. The highest BCUT2D eigenvalue weighted by atomic mass is 16.2. The van der Waals surface area contributed by atoms with Crippen LogP contribution >= 0.6 is 0 Å². The quantitative estimate of drug-likeness (QED) is 0.726. The second kappa shape index (κ2) is 7.94. The van der Waals surface area contributed by atoms with Gasteiger partial charge in [-0.3, -0.25) is 10.1 Å². The van der Waals surface area contributed by atoms with Crippen LogP contribution in [0.15, 0.2) is 30.5 Å². The van der Waals surface area contributed by atoms with Crippen molar-refractivity contribution in [2.75, 3.05) is 23.3 Å². The van der Waals surface area contributed by atoms with Gasteiger partial charge in [0.05, 0.1) is 5.69 Å². The highest BCUT2D eigenvalue weighted by molar-refractivity contribution is 5.91. The molecule has 3 aromatic heterocycles. The third-order valence-electron chi connectivity index (χ3n) is 5.08. The number of aromatic nitrogens is 6. The predicted octanol–water partition coefficient (Wildman–Crippen LogP) is 2.23. The number of carbonyl (C=O) groups excluding carboxylic acids is 1. The summed E-state index contributed by atoms with van der Waals surface area (Å²) in [5.74, 6) is 1.80. The number of aryl methyl sites for hydroxylation is 3. The van der Waals surface area contributed by atoms with Crippen molar-refractivity contribution in [2.45, 2.75) is 33.6 Å². The van der Waals surface area contributed by atoms with Crippen molar-refractivity contribution in [2.24, 2.45) is 5.92 Å². The molecule has 0 saturated carbocycles. The lowest BCUT2D eigenvalue weighted by Crippen LogP contribution is -2.38. The lowest BCUT2D eigenvalue weighted by Gasteiger charge is -2.31. The summed E-state index contributed by atoms with van der Waals surface area (Å²) in [7, 11) is 0. The third-order valence-corrected chi connectivity index (χ3v) is 5.08. The molecule has 1 saturated heterocycles. The van der Waals surface area contributed by atoms with Gasteiger partial charge in [-0.15, -0.1) is 10.2 Å². The van der Waals surface area contributed by atoms with Crippen molar-refractivity contribution >= 4 is 17.7 Å². The fraction of sp³-hybridized carbons (Fsp3) is 0.400. The molecule has 9 nitrogen and oxygen atoms in total. The Kier molecular flexibility index (Phi) is 5.20. The van der Waals surface area contributed by atoms with Crippen LogP contribution in [0.1, 0.15) is 29.9 Å². The van der Waals surface area contributed by atoms with E-state index in [-0.39, 0.29) is 11.8 Å². The second-order valence-corrected chi connectivity index (χ2v) is 7.36. The standard InChI is InChI=1S/C20H24N8O/c1-13-6-9-21-20(22-13)23-19(29)16-7-10-27(11-8-16)17-4-5-18(25-24-17)28-15(3)12-14(2)26-28/h4-6,9,12,16H,7-8,10-11H2,1-3H3,(H,21,22,23,29). The van der Waals surface area contributed by atoms with E-state index in [1.165, 1.54) is 0 Å². The maximum Gasteiger partial charge on any atom is 0.229 e. The monoisotopic (exact) mass is 392 g/mol. The first kappa shape index (κ1) is 19.0. The summed E-state index contributed by atoms with van der Waals surface area (Å²) in [4.78, 5) is 23.0. The zero-order valence-electron chi connectivity index (χ0n) is 16.8. The van der Waals surface area contributed by atoms with Gasteiger partial charge in [0.1, 0.15) is 0 Å². The molecule has 4 rings (SSSR count). The molecular weight excluding hydrogens is 368 g/mol. The number of hydrogen-bond donors (Lipinski definition) is 1. The number of amides is 1. The van der Waals surface area contributed by atoms with Gasteiger partial charge < -0.3 is 4.90 Å². The Morgan fingerprint density at radius 2 is 1.76 bits per heavy atom. The molecule has 1 fully saturated rings. The van der Waals surface area contributed by atoms with E-state index in [0.29, 0.717) is 11.8 Å². The van der Waals surface area contributed by atoms with E-state index in [0.717, 1.165) is 48.8 Å². The van der Waals surface area contributed by atoms with Gasteiger partial charge in [0, 0.05) is 36.6 Å². The van der Waals surface area contributed by atoms with Crippen molar-refractivity contribution < 1.29 is 4.79 Å². The Morgan fingerprint density at radius 1 is 1.03 bits per heavy atom. The van der Waals surface area contributed by atoms with Crippen LogP contribution in [-0.2, 0) is 4.79 Å². The van der Waals surface area contributed by atoms with Crippen LogP contribution in [0.3, 0.4) is 0 Å². The van der Waals surface area contributed by atoms with Gasteiger partial charge in [0.15, 0.2) is 11.6 Å². The first-order chi connectivity index (χ1) is 14.0. The van der Waals surface area contributed by atoms with Crippen LogP contribution in [0.25, 0.3) is 5.82 Å². The number of carbonyl (C=O) groups is 1. The van der Waals surface area contributed by atoms with Crippen LogP contribution in [0.4, 0.5) is 11.8 Å². The van der Waals surface area contributed by atoms with E-state index in [1.54, 1.807) is 16.9 Å². The molecular formula is C20H24N8O. The summed E-state index contributed by atoms with van der Waals surface area (Å²) in [6, 6.07) is 7.69. The summed E-state index contributed by atoms with van der Waals surface area (Å²) in [6.45, 7) is 7.32. The molecule has 0 bridgehead atoms. The zero-order valence-corrected chi connectivity index (χ0v) is 16.8. The highest BCUT2D eigenvalue weighted by Gasteiger charge is 2.26. The molecule has 29 heavy (non-hydrogen) atoms. The molecule has 0 spiro atoms. The van der Waals surface area contributed by atoms with Gasteiger partial charge in [0.2, 0.25) is 11.9 Å². The summed E-state index contributed by atoms with van der Waals surface area (Å²) in [5.41, 5.74) is 2.80. The molecule has 1 aliphatic heterocycles. The molecule has 0 radical (unpaired) electrons. The largest absolute Gasteiger partial charge is 0.355 e. The van der Waals surface area contributed by atoms with Crippen molar-refractivity contribution in [3.05, 3.63) is 47.5 Å². The normalized spacial score (nSPS) is 14.8. The molecule has 1 N–H and O–H groups in total. The van der Waals surface area contributed by atoms with E-state index < -0.39 is 0 Å². The molecule has 0 unspecified atom stereocenters. The predicted molar refractivity (Wildman–Crippen MR) is 109 cm³/mol. The molecule has 9 heteroatoms. The first-order valence-electron chi connectivity index (χ1n) is 9.72. The molecule has 4 heterocycles. The van der Waals surface area contributed by atoms with Gasteiger partial charge in [-0.25, -0.2) is 14.6 Å². The molecule has 1 amide bonds. The Balaban J connectivity index is 1.35. The molecule has 0 atom stereocenters. The topological polar surface area (TPSA) is 102 Å². The molecule has 0 aliphatic carbocycles. The first-order valence-corrected chi connectivity index (χ1v) is 9.72. The maximum atomic E-state index is 12.5. The minimum absolute atomic E-state index is 0.0267. The minimum atomic E-state index is -0.0581. The van der Waals surface area contributed by atoms with E-state index in [4.69, 9.17) is 0 Å². The SMILES string of the molecule is Cc1ccnc(NC(=O)C2CCN(c3ccc(-n4nc(C)cc4C)nn3)CC2)n1. The van der Waals surface area contributed by atoms with E-state index >= 15 is 0 Å². The molecule has 150 valence electrons. The third kappa shape index (κ3) is 4.23. The van der Waals surface area contributed by atoms with Gasteiger partial charge in [-0.05, 0) is 57.9 Å². The number of hydrogen-bond acceptors (Lipinski definition) is 7. The van der Waals surface area contributed by atoms with E-state index in [9.17, 15) is 4.79 Å². The van der Waals surface area contributed by atoms with Gasteiger partial charge in [0.25, 0.3) is 0 Å². The number of piperidine rings is 1. The lowest BCUT2D eigenvalue weighted by atomic mass is 9.96. The summed E-state index contributed by atoms with van der Waals surface area (Å²) >= 11 is 0. The van der Waals surface area contributed by atoms with Crippen LogP contribution in [-0.4, -0.2) is 48.9 Å². The van der Waals surface area contributed by atoms with Crippen molar-refractivity contribution in [3.63, 3.8) is 0 Å². The molecule has 3 aromatic rings. The summed E-state index contributed by atoms with van der Waals surface area (Å²) in [6.07, 6.45) is 3.14. The maximum absolute atomic E-state index is 12.5. The summed E-state index contributed by atoms with van der Waals surface area (Å²) < 4.78 is 1.79. The van der Waals surface area contributed by atoms with Crippen molar-refractivity contribution in [3.8, 4) is 5.82 Å². The number of nitrogens with zero attached hydrogens (tertiary/aromatic N) is 7. The van der Waals surface area contributed by atoms with Gasteiger partial charge in [-0.2, -0.15) is 5.10 Å². The van der Waals surface area contributed by atoms with Gasteiger partial charge >= 0.3 is 0 Å². The average molecular weight is 392 g/mol. The van der Waals surface area contributed by atoms with Crippen LogP contribution < -0.4 is 10.2 Å². The van der Waals surface area contributed by atoms with Crippen molar-refractivity contribution in [1.29, 1.82) is 0 Å². The lowest BCUT2D eigenvalue weighted by molar-refractivity contribution is -0.120. The number of nitrogens with one attached hydrogen (secondary N) is 1. The fourth-order valence-corrected chi connectivity index (χ4v) is 3.55. The number of rotatable bonds is 4. The molecule has 0 aromatic carbocycles. The van der Waals surface area contributed by atoms with E-state index in [1.807, 2.05) is 39.0 Å². The van der Waals surface area contributed by atoms with Gasteiger partial charge in [-0.1, -0.05) is 0 Å². The highest BCUT2D eigenvalue weighted by Crippen LogP contribution is 2.23. The zero-order chi connectivity index (χ0) is 20.4. The Labute approximate surface area is 169 Å². The Morgan fingerprint density at radius 3 is 2.38 bits per heavy atom. The average Bonchev–Trinajstić information content (AvgIpc) is 3.06. The minimum Gasteiger partial charge on any atom is -0.355 e. The molecule has 1 aliphatic rings. The Bertz CT molecular complexity index is 1010. The Hall–Kier alpha value is -3.36. The van der Waals surface area contributed by atoms with Crippen LogP contribution in [0.2, 0.25) is 0 Å². The fourth-order valence-electron chi connectivity index (χ4n) is 3.55. The van der Waals surface area contributed by atoms with Crippen LogP contribution in [0, 0.1) is 26.7 Å². The van der Waals surface area contributed by atoms with E-state index in [2.05, 4.69) is 35.5 Å². The van der Waals surface area contributed by atoms with Crippen molar-refractivity contribution in [1.82, 2.24) is 29.9 Å². The number of anilines is 2.